The van der Waals surface area contributed by atoms with Crippen LogP contribution in [-0.4, -0.2) is 25.3 Å². The number of ether oxygens (including phenoxy) is 6. The normalized spacial score (nSPS) is 11.6. The van der Waals surface area contributed by atoms with Crippen LogP contribution in [0.4, 0.5) is 0 Å². The van der Waals surface area contributed by atoms with Crippen molar-refractivity contribution >= 4 is 61.4 Å². The lowest BCUT2D eigenvalue weighted by Gasteiger charge is -2.11. The highest BCUT2D eigenvalue weighted by Crippen LogP contribution is 2.35. The monoisotopic (exact) mass is 1210 g/mol. The van der Waals surface area contributed by atoms with E-state index in [1.807, 2.05) is 36.4 Å². The minimum absolute atomic E-state index is 0.0596. The largest absolute Gasteiger partial charge is 0.457 e. The van der Waals surface area contributed by atoms with Crippen LogP contribution in [0, 0.1) is 0 Å². The molecule has 10 aromatic rings. The number of halogens is 2. The average Bonchev–Trinajstić information content (AvgIpc) is 3.43. The van der Waals surface area contributed by atoms with Gasteiger partial charge in [0.05, 0.1) is 29.4 Å². The molecule has 0 saturated heterocycles. The van der Waals surface area contributed by atoms with E-state index in [2.05, 4.69) is 31.9 Å². The Bertz CT molecular complexity index is 4050. The number of hydrogen-bond acceptors (Lipinski definition) is 12. The van der Waals surface area contributed by atoms with Crippen molar-refractivity contribution in [1.29, 1.82) is 0 Å². The molecule has 12 nitrogen and oxygen atoms in total. The first-order chi connectivity index (χ1) is 37.1. The first-order valence-electron chi connectivity index (χ1n) is 23.3. The van der Waals surface area contributed by atoms with Gasteiger partial charge in [-0.1, -0.05) is 50.1 Å². The SMILES string of the molecule is O=S(=O)(c1ccc(Oc2ccc(Oc3ccc(S(=O)(=O)c4ccc(Oc5cccc(Oc6ccc(S(=O)(=O)c7ccc(Oc8cccc(Br)c8)cc7)cc6)c5)cc4)cc3)cc2)cc1)c1ccc(Oc2cccc(Br)c2)cc1. The van der Waals surface area contributed by atoms with Crippen molar-refractivity contribution in [3.8, 4) is 69.0 Å². The lowest BCUT2D eigenvalue weighted by atomic mass is 10.3. The first-order valence-corrected chi connectivity index (χ1v) is 29.3. The molecule has 0 radical (unpaired) electrons. The second kappa shape index (κ2) is 22.6. The molecule has 0 fully saturated rings. The molecule has 0 spiro atoms. The zero-order valence-corrected chi connectivity index (χ0v) is 45.6. The summed E-state index contributed by atoms with van der Waals surface area (Å²) in [5.74, 6) is 5.63. The Morgan fingerprint density at radius 1 is 0.208 bits per heavy atom. The zero-order valence-electron chi connectivity index (χ0n) is 40.0. The van der Waals surface area contributed by atoms with Crippen LogP contribution < -0.4 is 28.4 Å². The fourth-order valence-corrected chi connectivity index (χ4v) is 12.1. The quantitative estimate of drug-likeness (QED) is 0.0802. The molecule has 0 heterocycles. The topological polar surface area (TPSA) is 158 Å². The fourth-order valence-electron chi connectivity index (χ4n) is 7.58. The summed E-state index contributed by atoms with van der Waals surface area (Å²) in [4.78, 5) is 0.555. The van der Waals surface area contributed by atoms with E-state index in [0.717, 1.165) is 8.95 Å². The molecule has 0 aromatic heterocycles. The lowest BCUT2D eigenvalue weighted by molar-refractivity contribution is 0.460. The molecule has 77 heavy (non-hydrogen) atoms. The van der Waals surface area contributed by atoms with Crippen molar-refractivity contribution in [2.45, 2.75) is 29.4 Å². The number of benzene rings is 10. The maximum absolute atomic E-state index is 13.6. The van der Waals surface area contributed by atoms with E-state index in [4.69, 9.17) is 28.4 Å². The molecule has 0 aliphatic rings. The Hall–Kier alpha value is -8.19. The van der Waals surface area contributed by atoms with E-state index in [1.54, 1.807) is 133 Å². The van der Waals surface area contributed by atoms with E-state index >= 15 is 0 Å². The molecule has 0 aliphatic carbocycles. The molecular formula is C60H40Br2O12S3. The molecule has 17 heteroatoms. The maximum Gasteiger partial charge on any atom is 0.206 e. The predicted molar refractivity (Wildman–Crippen MR) is 297 cm³/mol. The van der Waals surface area contributed by atoms with Gasteiger partial charge in [0.2, 0.25) is 29.5 Å². The van der Waals surface area contributed by atoms with Gasteiger partial charge in [-0.3, -0.25) is 0 Å². The third-order valence-electron chi connectivity index (χ3n) is 11.4. The van der Waals surface area contributed by atoms with Gasteiger partial charge in [0, 0.05) is 15.0 Å². The van der Waals surface area contributed by atoms with Crippen LogP contribution >= 0.6 is 31.9 Å². The highest BCUT2D eigenvalue weighted by Gasteiger charge is 2.21. The molecule has 0 amide bonds. The Morgan fingerprint density at radius 2 is 0.377 bits per heavy atom. The standard InChI is InChI=1S/C60H40Br2O12S3/c61-41-4-1-6-51(38-41)71-47-18-30-57(31-19-47)75(63,64)55-26-14-45(15-27-55)69-43-10-12-44(13-11-43)70-46-16-28-56(29-17-46)76(65,66)59-34-22-49(23-35-59)73-53-8-3-9-54(40-53)74-50-24-36-60(37-25-50)77(67,68)58-32-20-48(21-33-58)72-52-7-2-5-42(62)39-52/h1-40H. The van der Waals surface area contributed by atoms with Crippen molar-refractivity contribution in [3.05, 3.63) is 252 Å². The summed E-state index contributed by atoms with van der Waals surface area (Å²) in [5.41, 5.74) is 0. The van der Waals surface area contributed by atoms with Crippen LogP contribution in [-0.2, 0) is 29.5 Å². The molecule has 384 valence electrons. The van der Waals surface area contributed by atoms with Gasteiger partial charge in [-0.25, -0.2) is 25.3 Å². The Labute approximate surface area is 461 Å². The molecule has 10 aromatic carbocycles. The minimum Gasteiger partial charge on any atom is -0.457 e. The molecule has 0 N–H and O–H groups in total. The molecule has 0 unspecified atom stereocenters. The summed E-state index contributed by atoms with van der Waals surface area (Å²) in [6.45, 7) is 0. The highest BCUT2D eigenvalue weighted by molar-refractivity contribution is 9.10. The highest BCUT2D eigenvalue weighted by atomic mass is 79.9. The summed E-state index contributed by atoms with van der Waals surface area (Å²) < 4.78 is 118. The van der Waals surface area contributed by atoms with Gasteiger partial charge < -0.3 is 28.4 Å². The van der Waals surface area contributed by atoms with Crippen LogP contribution in [0.5, 0.6) is 69.0 Å². The number of sulfone groups is 3. The van der Waals surface area contributed by atoms with E-state index in [1.165, 1.54) is 72.8 Å². The Balaban J connectivity index is 0.699. The smallest absolute Gasteiger partial charge is 0.206 e. The van der Waals surface area contributed by atoms with Crippen LogP contribution in [0.15, 0.2) is 281 Å². The van der Waals surface area contributed by atoms with Gasteiger partial charge >= 0.3 is 0 Å². The van der Waals surface area contributed by atoms with Crippen molar-refractivity contribution in [2.75, 3.05) is 0 Å². The van der Waals surface area contributed by atoms with Gasteiger partial charge in [0.15, 0.2) is 0 Å². The van der Waals surface area contributed by atoms with Crippen LogP contribution in [0.2, 0.25) is 0 Å². The third kappa shape index (κ3) is 12.7. The number of hydrogen-bond donors (Lipinski definition) is 0. The molecule has 0 bridgehead atoms. The number of rotatable bonds is 18. The van der Waals surface area contributed by atoms with Gasteiger partial charge in [0.25, 0.3) is 0 Å². The predicted octanol–water partition coefficient (Wildman–Crippen LogP) is 16.5. The second-order valence-corrected chi connectivity index (χ2v) is 24.5. The Kier molecular flexibility index (Phi) is 15.3. The Morgan fingerprint density at radius 3 is 0.584 bits per heavy atom. The van der Waals surface area contributed by atoms with E-state index in [0.29, 0.717) is 69.0 Å². The summed E-state index contributed by atoms with van der Waals surface area (Å²) in [5, 5.41) is 0. The summed E-state index contributed by atoms with van der Waals surface area (Å²) in [6, 6.07) is 64.9. The van der Waals surface area contributed by atoms with Gasteiger partial charge in [0.1, 0.15) is 69.0 Å². The molecule has 10 rings (SSSR count). The van der Waals surface area contributed by atoms with Crippen LogP contribution in [0.3, 0.4) is 0 Å². The van der Waals surface area contributed by atoms with Gasteiger partial charge in [-0.05, 0) is 218 Å². The van der Waals surface area contributed by atoms with Crippen molar-refractivity contribution < 1.29 is 53.7 Å². The molecule has 0 saturated carbocycles. The van der Waals surface area contributed by atoms with Crippen LogP contribution in [0.25, 0.3) is 0 Å². The van der Waals surface area contributed by atoms with Gasteiger partial charge in [-0.2, -0.15) is 0 Å². The fraction of sp³-hybridized carbons (Fsp3) is 0. The van der Waals surface area contributed by atoms with E-state index in [9.17, 15) is 25.3 Å². The third-order valence-corrected chi connectivity index (χ3v) is 17.8. The second-order valence-electron chi connectivity index (χ2n) is 16.8. The van der Waals surface area contributed by atoms with E-state index < -0.39 is 29.5 Å². The van der Waals surface area contributed by atoms with Gasteiger partial charge in [-0.15, -0.1) is 0 Å². The average molecular weight is 1210 g/mol. The van der Waals surface area contributed by atoms with E-state index in [-0.39, 0.29) is 29.4 Å². The first kappa shape index (κ1) is 52.3. The van der Waals surface area contributed by atoms with Crippen molar-refractivity contribution in [3.63, 3.8) is 0 Å². The lowest BCUT2D eigenvalue weighted by Crippen LogP contribution is -2.02. The van der Waals surface area contributed by atoms with Crippen LogP contribution in [0.1, 0.15) is 0 Å². The molecule has 0 aliphatic heterocycles. The summed E-state index contributed by atoms with van der Waals surface area (Å²) >= 11 is 6.82. The molecular weight excluding hydrogens is 1170 g/mol. The van der Waals surface area contributed by atoms with Crippen molar-refractivity contribution in [2.24, 2.45) is 0 Å². The summed E-state index contributed by atoms with van der Waals surface area (Å²) in [7, 11) is -11.5. The van der Waals surface area contributed by atoms with Crippen molar-refractivity contribution in [1.82, 2.24) is 0 Å². The summed E-state index contributed by atoms with van der Waals surface area (Å²) in [6.07, 6.45) is 0. The minimum atomic E-state index is -3.91. The molecule has 0 atom stereocenters. The maximum atomic E-state index is 13.6. The zero-order chi connectivity index (χ0) is 53.6.